The molecule has 1 nitrogen and oxygen atoms in total. The summed E-state index contributed by atoms with van der Waals surface area (Å²) in [5, 5.41) is 0. The predicted octanol–water partition coefficient (Wildman–Crippen LogP) is 1.59. The lowest BCUT2D eigenvalue weighted by molar-refractivity contribution is 0.347. The lowest BCUT2D eigenvalue weighted by atomic mass is 9.94. The Balaban J connectivity index is 2.05. The second-order valence-electron chi connectivity index (χ2n) is 4.20. The smallest absolute Gasteiger partial charge is 0.00124 e. The molecule has 2 rings (SSSR count). The summed E-state index contributed by atoms with van der Waals surface area (Å²) >= 11 is 0. The van der Waals surface area contributed by atoms with E-state index >= 15 is 0 Å². The van der Waals surface area contributed by atoms with E-state index in [-0.39, 0.29) is 0 Å². The van der Waals surface area contributed by atoms with Crippen LogP contribution in [-0.2, 0) is 0 Å². The van der Waals surface area contributed by atoms with Gasteiger partial charge in [-0.15, -0.1) is 0 Å². The van der Waals surface area contributed by atoms with E-state index in [9.17, 15) is 0 Å². The highest BCUT2D eigenvalue weighted by molar-refractivity contribution is 4.90. The maximum atomic E-state index is 2.49. The molecule has 1 saturated carbocycles. The van der Waals surface area contributed by atoms with Crippen molar-refractivity contribution >= 4 is 0 Å². The topological polar surface area (TPSA) is 3.24 Å². The van der Waals surface area contributed by atoms with Crippen LogP contribution in [0.25, 0.3) is 0 Å². The van der Waals surface area contributed by atoms with Crippen molar-refractivity contribution in [1.29, 1.82) is 0 Å². The van der Waals surface area contributed by atoms with Gasteiger partial charge in [0, 0.05) is 13.1 Å². The Labute approximate surface area is 63.4 Å². The van der Waals surface area contributed by atoms with E-state index in [1.54, 1.807) is 0 Å². The van der Waals surface area contributed by atoms with Crippen molar-refractivity contribution in [2.45, 2.75) is 19.8 Å². The number of hydrogen-bond donors (Lipinski definition) is 0. The van der Waals surface area contributed by atoms with Gasteiger partial charge in [0.2, 0.25) is 0 Å². The molecule has 2 aliphatic rings. The van der Waals surface area contributed by atoms with Gasteiger partial charge in [-0.05, 0) is 31.2 Å². The van der Waals surface area contributed by atoms with Gasteiger partial charge in [-0.1, -0.05) is 13.3 Å². The molecular formula is C9H17N. The first-order valence-electron chi connectivity index (χ1n) is 4.46. The molecule has 0 aromatic heterocycles. The minimum absolute atomic E-state index is 1.01. The maximum Gasteiger partial charge on any atom is 0.00124 e. The maximum absolute atomic E-state index is 2.49. The Kier molecular flexibility index (Phi) is 1.48. The summed E-state index contributed by atoms with van der Waals surface area (Å²) in [6.45, 7) is 5.16. The van der Waals surface area contributed by atoms with Gasteiger partial charge in [0.25, 0.3) is 0 Å². The molecule has 0 radical (unpaired) electrons. The lowest BCUT2D eigenvalue weighted by Gasteiger charge is -2.12. The van der Waals surface area contributed by atoms with Crippen LogP contribution in [0.3, 0.4) is 0 Å². The molecule has 0 bridgehead atoms. The van der Waals surface area contributed by atoms with Gasteiger partial charge in [-0.3, -0.25) is 0 Å². The Hall–Kier alpha value is -0.0400. The van der Waals surface area contributed by atoms with Gasteiger partial charge in [-0.25, -0.2) is 0 Å². The van der Waals surface area contributed by atoms with Crippen LogP contribution >= 0.6 is 0 Å². The number of rotatable bonds is 0. The highest BCUT2D eigenvalue weighted by Crippen LogP contribution is 2.41. The van der Waals surface area contributed by atoms with Crippen LogP contribution in [0.4, 0.5) is 0 Å². The molecule has 1 heteroatoms. The Morgan fingerprint density at radius 1 is 1.20 bits per heavy atom. The summed E-state index contributed by atoms with van der Waals surface area (Å²) < 4.78 is 0. The summed E-state index contributed by atoms with van der Waals surface area (Å²) in [6, 6.07) is 0. The zero-order chi connectivity index (χ0) is 7.14. The number of nitrogens with zero attached hydrogens (tertiary/aromatic N) is 1. The summed E-state index contributed by atoms with van der Waals surface area (Å²) in [5.41, 5.74) is 0. The number of fused-ring (bicyclic) bond motifs is 1. The first-order chi connectivity index (χ1) is 4.77. The molecule has 1 unspecified atom stereocenters. The molecule has 10 heavy (non-hydrogen) atoms. The van der Waals surface area contributed by atoms with Crippen molar-refractivity contribution in [3.63, 3.8) is 0 Å². The standard InChI is InChI=1S/C9H17N/c1-7-3-4-8-5-10(2)6-9(7)8/h7-9H,3-6H2,1-2H3/t7?,8-,9-/m1/s1. The molecular weight excluding hydrogens is 122 g/mol. The van der Waals surface area contributed by atoms with Gasteiger partial charge in [0.15, 0.2) is 0 Å². The molecule has 0 spiro atoms. The normalized spacial score (nSPS) is 48.0. The van der Waals surface area contributed by atoms with Gasteiger partial charge >= 0.3 is 0 Å². The molecule has 1 heterocycles. The van der Waals surface area contributed by atoms with Gasteiger partial charge in [0.1, 0.15) is 0 Å². The highest BCUT2D eigenvalue weighted by Gasteiger charge is 2.38. The number of hydrogen-bond acceptors (Lipinski definition) is 1. The largest absolute Gasteiger partial charge is 0.306 e. The second kappa shape index (κ2) is 2.23. The third-order valence-electron chi connectivity index (χ3n) is 3.40. The minimum atomic E-state index is 1.01. The van der Waals surface area contributed by atoms with Crippen LogP contribution in [-0.4, -0.2) is 25.0 Å². The third-order valence-corrected chi connectivity index (χ3v) is 3.40. The van der Waals surface area contributed by atoms with Gasteiger partial charge in [-0.2, -0.15) is 0 Å². The molecule has 0 aromatic rings. The Morgan fingerprint density at radius 3 is 2.70 bits per heavy atom. The minimum Gasteiger partial charge on any atom is -0.306 e. The summed E-state index contributed by atoms with van der Waals surface area (Å²) in [7, 11) is 2.26. The average Bonchev–Trinajstić information content (AvgIpc) is 2.35. The summed E-state index contributed by atoms with van der Waals surface area (Å²) in [5.74, 6) is 3.11. The van der Waals surface area contributed by atoms with E-state index in [1.165, 1.54) is 25.9 Å². The molecule has 0 aromatic carbocycles. The average molecular weight is 139 g/mol. The first kappa shape index (κ1) is 6.66. The van der Waals surface area contributed by atoms with Crippen molar-refractivity contribution in [2.75, 3.05) is 20.1 Å². The molecule has 2 fully saturated rings. The quantitative estimate of drug-likeness (QED) is 0.492. The molecule has 1 aliphatic heterocycles. The fraction of sp³-hybridized carbons (Fsp3) is 1.00. The van der Waals surface area contributed by atoms with E-state index in [0.717, 1.165) is 17.8 Å². The van der Waals surface area contributed by atoms with Crippen molar-refractivity contribution in [3.05, 3.63) is 0 Å². The van der Waals surface area contributed by atoms with Crippen molar-refractivity contribution in [2.24, 2.45) is 17.8 Å². The van der Waals surface area contributed by atoms with E-state index in [0.29, 0.717) is 0 Å². The molecule has 1 aliphatic carbocycles. The molecule has 0 amide bonds. The molecule has 58 valence electrons. The Morgan fingerprint density at radius 2 is 2.00 bits per heavy atom. The fourth-order valence-corrected chi connectivity index (χ4v) is 2.76. The molecule has 1 saturated heterocycles. The SMILES string of the molecule is CC1CC[C@@H]2CN(C)C[C@H]12. The van der Waals surface area contributed by atoms with Crippen molar-refractivity contribution in [1.82, 2.24) is 4.90 Å². The van der Waals surface area contributed by atoms with Crippen molar-refractivity contribution in [3.8, 4) is 0 Å². The molecule has 3 atom stereocenters. The van der Waals surface area contributed by atoms with E-state index in [2.05, 4.69) is 18.9 Å². The molecule has 0 N–H and O–H groups in total. The van der Waals surface area contributed by atoms with E-state index in [1.807, 2.05) is 0 Å². The zero-order valence-corrected chi connectivity index (χ0v) is 7.01. The van der Waals surface area contributed by atoms with E-state index < -0.39 is 0 Å². The lowest BCUT2D eigenvalue weighted by Crippen LogP contribution is -2.16. The monoisotopic (exact) mass is 139 g/mol. The first-order valence-corrected chi connectivity index (χ1v) is 4.46. The predicted molar refractivity (Wildman–Crippen MR) is 42.9 cm³/mol. The highest BCUT2D eigenvalue weighted by atomic mass is 15.1. The van der Waals surface area contributed by atoms with Crippen LogP contribution in [0, 0.1) is 17.8 Å². The third kappa shape index (κ3) is 0.878. The van der Waals surface area contributed by atoms with Crippen LogP contribution in [0.5, 0.6) is 0 Å². The van der Waals surface area contributed by atoms with Gasteiger partial charge in [0.05, 0.1) is 0 Å². The van der Waals surface area contributed by atoms with Crippen molar-refractivity contribution < 1.29 is 0 Å². The fourth-order valence-electron chi connectivity index (χ4n) is 2.76. The van der Waals surface area contributed by atoms with Crippen LogP contribution in [0.2, 0.25) is 0 Å². The van der Waals surface area contributed by atoms with Gasteiger partial charge < -0.3 is 4.90 Å². The van der Waals surface area contributed by atoms with Crippen LogP contribution < -0.4 is 0 Å². The van der Waals surface area contributed by atoms with Crippen LogP contribution in [0.15, 0.2) is 0 Å². The summed E-state index contributed by atoms with van der Waals surface area (Å²) in [4.78, 5) is 2.49. The van der Waals surface area contributed by atoms with Crippen LogP contribution in [0.1, 0.15) is 19.8 Å². The van der Waals surface area contributed by atoms with E-state index in [4.69, 9.17) is 0 Å². The number of likely N-dealkylation sites (tertiary alicyclic amines) is 1. The summed E-state index contributed by atoms with van der Waals surface area (Å²) in [6.07, 6.45) is 2.99. The zero-order valence-electron chi connectivity index (χ0n) is 7.01. The Bertz CT molecular complexity index is 133. The second-order valence-corrected chi connectivity index (χ2v) is 4.20.